The fourth-order valence-electron chi connectivity index (χ4n) is 0.862. The third-order valence-electron chi connectivity index (χ3n) is 1.69. The normalized spacial score (nSPS) is 15.9. The first-order valence-corrected chi connectivity index (χ1v) is 3.73. The molecule has 0 radical (unpaired) electrons. The lowest BCUT2D eigenvalue weighted by molar-refractivity contribution is -0.110. The van der Waals surface area contributed by atoms with Crippen molar-refractivity contribution in [3.05, 3.63) is 0 Å². The molecule has 0 saturated heterocycles. The van der Waals surface area contributed by atoms with E-state index >= 15 is 0 Å². The summed E-state index contributed by atoms with van der Waals surface area (Å²) in [5, 5.41) is 0. The van der Waals surface area contributed by atoms with Crippen molar-refractivity contribution in [3.63, 3.8) is 0 Å². The van der Waals surface area contributed by atoms with E-state index < -0.39 is 0 Å². The summed E-state index contributed by atoms with van der Waals surface area (Å²) in [6.45, 7) is 1.96. The Morgan fingerprint density at radius 3 is 2.36 bits per heavy atom. The number of aldehydes is 1. The van der Waals surface area contributed by atoms with Crippen molar-refractivity contribution >= 4 is 6.29 Å². The van der Waals surface area contributed by atoms with Crippen molar-refractivity contribution in [2.45, 2.75) is 32.0 Å². The lowest BCUT2D eigenvalue weighted by Gasteiger charge is -2.16. The van der Waals surface area contributed by atoms with Gasteiger partial charge in [0, 0.05) is 20.6 Å². The minimum atomic E-state index is 0.00227. The first-order chi connectivity index (χ1) is 5.24. The molecule has 3 nitrogen and oxygen atoms in total. The lowest BCUT2D eigenvalue weighted by atomic mass is 10.1. The quantitative estimate of drug-likeness (QED) is 0.544. The minimum absolute atomic E-state index is 0.00227. The second-order valence-electron chi connectivity index (χ2n) is 2.54. The van der Waals surface area contributed by atoms with Crippen LogP contribution in [0, 0.1) is 0 Å². The predicted molar refractivity (Wildman–Crippen MR) is 42.6 cm³/mol. The van der Waals surface area contributed by atoms with Crippen LogP contribution >= 0.6 is 0 Å². The van der Waals surface area contributed by atoms with E-state index in [2.05, 4.69) is 0 Å². The number of hydrogen-bond donors (Lipinski definition) is 0. The topological polar surface area (TPSA) is 35.5 Å². The molecule has 0 aromatic heterocycles. The van der Waals surface area contributed by atoms with E-state index in [0.717, 1.165) is 12.7 Å². The Kier molecular flexibility index (Phi) is 6.07. The van der Waals surface area contributed by atoms with E-state index in [4.69, 9.17) is 9.47 Å². The lowest BCUT2D eigenvalue weighted by Crippen LogP contribution is -2.19. The molecule has 11 heavy (non-hydrogen) atoms. The second-order valence-corrected chi connectivity index (χ2v) is 2.54. The van der Waals surface area contributed by atoms with Gasteiger partial charge in [-0.2, -0.15) is 0 Å². The molecular formula is C8H16O3. The van der Waals surface area contributed by atoms with E-state index in [-0.39, 0.29) is 12.2 Å². The van der Waals surface area contributed by atoms with Crippen molar-refractivity contribution in [3.8, 4) is 0 Å². The van der Waals surface area contributed by atoms with Crippen LogP contribution in [0.2, 0.25) is 0 Å². The molecule has 0 rings (SSSR count). The molecule has 0 aliphatic heterocycles. The Hall–Kier alpha value is -0.410. The van der Waals surface area contributed by atoms with Gasteiger partial charge in [-0.25, -0.2) is 0 Å². The van der Waals surface area contributed by atoms with Gasteiger partial charge >= 0.3 is 0 Å². The molecule has 2 atom stereocenters. The molecule has 3 heteroatoms. The highest BCUT2D eigenvalue weighted by molar-refractivity contribution is 5.50. The Bertz CT molecular complexity index is 104. The van der Waals surface area contributed by atoms with Gasteiger partial charge in [-0.1, -0.05) is 0 Å². The van der Waals surface area contributed by atoms with Crippen molar-refractivity contribution in [1.29, 1.82) is 0 Å². The second kappa shape index (κ2) is 6.31. The third-order valence-corrected chi connectivity index (χ3v) is 1.69. The summed E-state index contributed by atoms with van der Waals surface area (Å²) in [4.78, 5) is 10.1. The van der Waals surface area contributed by atoms with Crippen LogP contribution in [0.4, 0.5) is 0 Å². The van der Waals surface area contributed by atoms with Gasteiger partial charge in [-0.3, -0.25) is 0 Å². The molecule has 66 valence electrons. The molecule has 0 spiro atoms. The van der Waals surface area contributed by atoms with Crippen LogP contribution in [0.15, 0.2) is 0 Å². The molecule has 0 N–H and O–H groups in total. The van der Waals surface area contributed by atoms with Gasteiger partial charge in [0.25, 0.3) is 0 Å². The zero-order valence-electron chi connectivity index (χ0n) is 7.37. The van der Waals surface area contributed by atoms with Crippen molar-refractivity contribution in [2.75, 3.05) is 14.2 Å². The maximum atomic E-state index is 10.1. The first-order valence-electron chi connectivity index (χ1n) is 3.73. The minimum Gasteiger partial charge on any atom is -0.382 e. The van der Waals surface area contributed by atoms with Crippen LogP contribution in [-0.4, -0.2) is 32.7 Å². The van der Waals surface area contributed by atoms with Crippen LogP contribution in [0.3, 0.4) is 0 Å². The van der Waals surface area contributed by atoms with Gasteiger partial charge in [0.1, 0.15) is 6.29 Å². The molecule has 0 amide bonds. The van der Waals surface area contributed by atoms with Gasteiger partial charge in [0.15, 0.2) is 0 Å². The largest absolute Gasteiger partial charge is 0.382 e. The summed E-state index contributed by atoms with van der Waals surface area (Å²) in [6.07, 6.45) is 2.24. The summed E-state index contributed by atoms with van der Waals surface area (Å²) in [6, 6.07) is 0. The summed E-state index contributed by atoms with van der Waals surface area (Å²) in [5.41, 5.74) is 0. The molecule has 0 aromatic carbocycles. The highest BCUT2D eigenvalue weighted by Crippen LogP contribution is 2.06. The Morgan fingerprint density at radius 2 is 2.00 bits per heavy atom. The standard InChI is InChI=1S/C8H16O3/c1-7(10-2)6-8(11-3)4-5-9/h5,7-8H,4,6H2,1-3H3/t7-,8-/m0/s1. The fraction of sp³-hybridized carbons (Fsp3) is 0.875. The molecule has 0 aliphatic carbocycles. The summed E-state index contributed by atoms with van der Waals surface area (Å²) in [7, 11) is 3.26. The molecule has 0 aromatic rings. The number of carbonyl (C=O) groups is 1. The first kappa shape index (κ1) is 10.6. The van der Waals surface area contributed by atoms with Crippen LogP contribution in [-0.2, 0) is 14.3 Å². The number of methoxy groups -OCH3 is 2. The smallest absolute Gasteiger partial charge is 0.122 e. The van der Waals surface area contributed by atoms with E-state index in [1.54, 1.807) is 14.2 Å². The summed E-state index contributed by atoms with van der Waals surface area (Å²) in [5.74, 6) is 0. The maximum absolute atomic E-state index is 10.1. The Balaban J connectivity index is 3.57. The number of hydrogen-bond acceptors (Lipinski definition) is 3. The molecule has 0 unspecified atom stereocenters. The van der Waals surface area contributed by atoms with Crippen LogP contribution in [0.5, 0.6) is 0 Å². The number of rotatable bonds is 6. The van der Waals surface area contributed by atoms with E-state index in [0.29, 0.717) is 6.42 Å². The highest BCUT2D eigenvalue weighted by atomic mass is 16.5. The average Bonchev–Trinajstić information content (AvgIpc) is 2.03. The molecule has 0 heterocycles. The summed E-state index contributed by atoms with van der Waals surface area (Å²) >= 11 is 0. The number of carbonyl (C=O) groups excluding carboxylic acids is 1. The van der Waals surface area contributed by atoms with Crippen molar-refractivity contribution in [2.24, 2.45) is 0 Å². The van der Waals surface area contributed by atoms with E-state index in [9.17, 15) is 4.79 Å². The highest BCUT2D eigenvalue weighted by Gasteiger charge is 2.10. The maximum Gasteiger partial charge on any atom is 0.122 e. The fourth-order valence-corrected chi connectivity index (χ4v) is 0.862. The van der Waals surface area contributed by atoms with Crippen LogP contribution in [0.25, 0.3) is 0 Å². The van der Waals surface area contributed by atoms with Gasteiger partial charge in [-0.05, 0) is 13.3 Å². The molecular weight excluding hydrogens is 144 g/mol. The molecule has 0 fully saturated rings. The molecule has 0 saturated carbocycles. The van der Waals surface area contributed by atoms with E-state index in [1.165, 1.54) is 0 Å². The average molecular weight is 160 g/mol. The third kappa shape index (κ3) is 4.93. The summed E-state index contributed by atoms with van der Waals surface area (Å²) < 4.78 is 10.1. The van der Waals surface area contributed by atoms with Gasteiger partial charge in [0.05, 0.1) is 12.2 Å². The van der Waals surface area contributed by atoms with Gasteiger partial charge in [-0.15, -0.1) is 0 Å². The zero-order valence-corrected chi connectivity index (χ0v) is 7.37. The predicted octanol–water partition coefficient (Wildman–Crippen LogP) is 1.02. The Morgan fingerprint density at radius 1 is 1.36 bits per heavy atom. The van der Waals surface area contributed by atoms with Gasteiger partial charge < -0.3 is 14.3 Å². The zero-order chi connectivity index (χ0) is 8.69. The monoisotopic (exact) mass is 160 g/mol. The van der Waals surface area contributed by atoms with Crippen LogP contribution in [0.1, 0.15) is 19.8 Å². The SMILES string of the molecule is CO[C@@H](CC=O)C[C@H](C)OC. The Labute approximate surface area is 67.7 Å². The van der Waals surface area contributed by atoms with Crippen LogP contribution < -0.4 is 0 Å². The molecule has 0 bridgehead atoms. The van der Waals surface area contributed by atoms with Crippen molar-refractivity contribution in [1.82, 2.24) is 0 Å². The molecule has 0 aliphatic rings. The van der Waals surface area contributed by atoms with Crippen molar-refractivity contribution < 1.29 is 14.3 Å². The van der Waals surface area contributed by atoms with Gasteiger partial charge in [0.2, 0.25) is 0 Å². The van der Waals surface area contributed by atoms with E-state index in [1.807, 2.05) is 6.92 Å². The number of ether oxygens (including phenoxy) is 2.